The van der Waals surface area contributed by atoms with Gasteiger partial charge in [-0.2, -0.15) is 4.98 Å². The minimum atomic E-state index is -4.77. The molecule has 58 heavy (non-hydrogen) atoms. The number of benzene rings is 1. The van der Waals surface area contributed by atoms with Crippen LogP contribution in [0.5, 0.6) is 17.5 Å². The van der Waals surface area contributed by atoms with Gasteiger partial charge in [-0.25, -0.2) is 17.2 Å². The van der Waals surface area contributed by atoms with Crippen molar-refractivity contribution in [2.45, 2.75) is 121 Å². The number of ketones is 1. The number of hydrogen-bond acceptors (Lipinski definition) is 11. The molecular formula is C42H55F2N3O10S. The Balaban J connectivity index is 1.37. The highest BCUT2D eigenvalue weighted by atomic mass is 32.2. The number of Topliss-reactive ketones (excluding diaryl/α,β-unsaturated/α-hetero) is 1. The van der Waals surface area contributed by atoms with Gasteiger partial charge >= 0.3 is 5.97 Å². The minimum absolute atomic E-state index is 0.00392. The van der Waals surface area contributed by atoms with E-state index in [1.165, 1.54) is 12.0 Å². The maximum atomic E-state index is 14.9. The summed E-state index contributed by atoms with van der Waals surface area (Å²) >= 11 is 0. The van der Waals surface area contributed by atoms with Crippen molar-refractivity contribution in [3.05, 3.63) is 36.4 Å². The van der Waals surface area contributed by atoms with Crippen molar-refractivity contribution >= 4 is 44.4 Å². The molecule has 2 aliphatic carbocycles. The van der Waals surface area contributed by atoms with E-state index >= 15 is 0 Å². The molecular weight excluding hydrogens is 777 g/mol. The summed E-state index contributed by atoms with van der Waals surface area (Å²) in [5, 5.41) is 1.33. The molecule has 0 spiro atoms. The first kappa shape index (κ1) is 43.2. The maximum absolute atomic E-state index is 14.9. The van der Waals surface area contributed by atoms with E-state index in [-0.39, 0.29) is 62.2 Å². The Morgan fingerprint density at radius 2 is 1.79 bits per heavy atom. The molecule has 7 atom stereocenters. The number of amides is 2. The Hall–Kier alpha value is -4.34. The first-order valence-corrected chi connectivity index (χ1v) is 21.5. The fraction of sp³-hybridized carbons (Fsp3) is 0.643. The second-order valence-corrected chi connectivity index (χ2v) is 19.7. The molecule has 0 bridgehead atoms. The number of hydrogen-bond donors (Lipinski definition) is 1. The normalized spacial score (nSPS) is 29.4. The number of carbonyl (C=O) groups is 4. The van der Waals surface area contributed by atoms with Gasteiger partial charge in [0.2, 0.25) is 33.6 Å². The van der Waals surface area contributed by atoms with Crippen LogP contribution in [0.4, 0.5) is 8.78 Å². The van der Waals surface area contributed by atoms with E-state index in [2.05, 4.69) is 11.9 Å². The lowest BCUT2D eigenvalue weighted by atomic mass is 9.82. The fourth-order valence-corrected chi connectivity index (χ4v) is 10.1. The number of carbonyl (C=O) groups excluding carboxylic acids is 4. The van der Waals surface area contributed by atoms with Crippen molar-refractivity contribution < 1.29 is 55.3 Å². The van der Waals surface area contributed by atoms with E-state index in [1.54, 1.807) is 58.2 Å². The van der Waals surface area contributed by atoms with Crippen molar-refractivity contribution in [3.63, 3.8) is 0 Å². The van der Waals surface area contributed by atoms with Gasteiger partial charge in [-0.3, -0.25) is 23.9 Å². The van der Waals surface area contributed by atoms with Crippen LogP contribution in [0.25, 0.3) is 10.8 Å². The minimum Gasteiger partial charge on any atom is -0.497 e. The molecule has 1 N–H and O–H groups in total. The van der Waals surface area contributed by atoms with Crippen molar-refractivity contribution in [1.29, 1.82) is 0 Å². The molecule has 2 aromatic rings. The van der Waals surface area contributed by atoms with Gasteiger partial charge in [-0.15, -0.1) is 0 Å². The Morgan fingerprint density at radius 1 is 1.07 bits per heavy atom. The molecule has 6 rings (SSSR count). The van der Waals surface area contributed by atoms with Gasteiger partial charge in [0, 0.05) is 24.3 Å². The Bertz CT molecular complexity index is 2060. The molecule has 2 amide bonds. The lowest BCUT2D eigenvalue weighted by Gasteiger charge is -2.32. The Kier molecular flexibility index (Phi) is 12.2. The largest absolute Gasteiger partial charge is 0.497 e. The van der Waals surface area contributed by atoms with Crippen LogP contribution in [-0.4, -0.2) is 91.6 Å². The molecule has 1 saturated heterocycles. The SMILES string of the molecule is COc1ccc2c(O[C@@H]3C[C@H]4C(=O)C[C@]5(C(=O)NS(=O)(=O)C6(C(F)F)CC6)C[C@H]5/C=C\CC[C@@H](C)C[C@@H](C)[C@H](CC(=O)OC(C)(C)C)C(=O)N4C3)nc(OC)cc2c1. The van der Waals surface area contributed by atoms with E-state index < -0.39 is 86.2 Å². The highest BCUT2D eigenvalue weighted by Gasteiger charge is 2.66. The zero-order chi connectivity index (χ0) is 42.4. The number of sulfonamides is 1. The highest BCUT2D eigenvalue weighted by molar-refractivity contribution is 7.91. The van der Waals surface area contributed by atoms with Crippen LogP contribution in [0.15, 0.2) is 36.4 Å². The molecule has 3 fully saturated rings. The van der Waals surface area contributed by atoms with Crippen LogP contribution in [0.1, 0.15) is 92.4 Å². The molecule has 1 aromatic heterocycles. The van der Waals surface area contributed by atoms with Crippen LogP contribution in [-0.2, 0) is 33.9 Å². The smallest absolute Gasteiger partial charge is 0.307 e. The summed E-state index contributed by atoms with van der Waals surface area (Å²) in [5.41, 5.74) is -2.34. The lowest BCUT2D eigenvalue weighted by molar-refractivity contribution is -0.160. The maximum Gasteiger partial charge on any atom is 0.307 e. The summed E-state index contributed by atoms with van der Waals surface area (Å²) in [6, 6.07) is 5.90. The van der Waals surface area contributed by atoms with E-state index in [9.17, 15) is 36.4 Å². The number of ether oxygens (including phenoxy) is 4. The molecule has 13 nitrogen and oxygen atoms in total. The van der Waals surface area contributed by atoms with Crippen molar-refractivity contribution in [2.24, 2.45) is 29.1 Å². The van der Waals surface area contributed by atoms with Crippen LogP contribution < -0.4 is 18.9 Å². The van der Waals surface area contributed by atoms with Gasteiger partial charge in [0.05, 0.1) is 44.6 Å². The first-order valence-electron chi connectivity index (χ1n) is 20.0. The number of fused-ring (bicyclic) bond motifs is 3. The molecule has 1 aromatic carbocycles. The van der Waals surface area contributed by atoms with Gasteiger partial charge in [0.15, 0.2) is 10.5 Å². The van der Waals surface area contributed by atoms with Gasteiger partial charge in [0.1, 0.15) is 17.5 Å². The second kappa shape index (κ2) is 16.4. The highest BCUT2D eigenvalue weighted by Crippen LogP contribution is 2.58. The predicted octanol–water partition coefficient (Wildman–Crippen LogP) is 6.17. The van der Waals surface area contributed by atoms with Crippen molar-refractivity contribution in [2.75, 3.05) is 20.8 Å². The average molecular weight is 832 g/mol. The molecule has 4 aliphatic rings. The quantitative estimate of drug-likeness (QED) is 0.215. The number of halogens is 2. The van der Waals surface area contributed by atoms with E-state index in [0.29, 0.717) is 29.4 Å². The monoisotopic (exact) mass is 831 g/mol. The molecule has 2 saturated carbocycles. The third kappa shape index (κ3) is 8.96. The van der Waals surface area contributed by atoms with Crippen LogP contribution in [0.3, 0.4) is 0 Å². The van der Waals surface area contributed by atoms with Gasteiger partial charge in [-0.1, -0.05) is 26.0 Å². The third-order valence-electron chi connectivity index (χ3n) is 12.1. The predicted molar refractivity (Wildman–Crippen MR) is 210 cm³/mol. The van der Waals surface area contributed by atoms with Crippen LogP contribution in [0.2, 0.25) is 0 Å². The fourth-order valence-electron chi connectivity index (χ4n) is 8.57. The molecule has 3 heterocycles. The number of nitrogens with one attached hydrogen (secondary N) is 1. The lowest BCUT2D eigenvalue weighted by Crippen LogP contribution is -2.49. The molecule has 16 heteroatoms. The summed E-state index contributed by atoms with van der Waals surface area (Å²) in [6.45, 7) is 9.14. The molecule has 2 aliphatic heterocycles. The first-order chi connectivity index (χ1) is 27.2. The third-order valence-corrected chi connectivity index (χ3v) is 14.3. The van der Waals surface area contributed by atoms with E-state index in [0.717, 1.165) is 6.42 Å². The van der Waals surface area contributed by atoms with Gasteiger partial charge in [0.25, 0.3) is 6.43 Å². The van der Waals surface area contributed by atoms with Crippen LogP contribution in [0, 0.1) is 29.1 Å². The van der Waals surface area contributed by atoms with Gasteiger partial charge < -0.3 is 23.8 Å². The summed E-state index contributed by atoms with van der Waals surface area (Å²) in [4.78, 5) is 62.9. The van der Waals surface area contributed by atoms with Crippen LogP contribution >= 0.6 is 0 Å². The average Bonchev–Trinajstić information content (AvgIpc) is 4.06. The Morgan fingerprint density at radius 3 is 2.43 bits per heavy atom. The number of methoxy groups -OCH3 is 2. The molecule has 0 radical (unpaired) electrons. The zero-order valence-electron chi connectivity index (χ0n) is 34.2. The number of allylic oxidation sites excluding steroid dienone is 2. The van der Waals surface area contributed by atoms with Crippen molar-refractivity contribution in [1.82, 2.24) is 14.6 Å². The summed E-state index contributed by atoms with van der Waals surface area (Å²) in [6.07, 6.45) is 0.545. The summed E-state index contributed by atoms with van der Waals surface area (Å²) in [7, 11) is -1.77. The summed E-state index contributed by atoms with van der Waals surface area (Å²) < 4.78 is 76.9. The van der Waals surface area contributed by atoms with E-state index in [1.807, 2.05) is 17.7 Å². The Labute approximate surface area is 338 Å². The molecule has 318 valence electrons. The van der Waals surface area contributed by atoms with Crippen molar-refractivity contribution in [3.8, 4) is 17.5 Å². The zero-order valence-corrected chi connectivity index (χ0v) is 35.0. The number of aromatic nitrogens is 1. The van der Waals surface area contributed by atoms with E-state index in [4.69, 9.17) is 18.9 Å². The number of alkyl halides is 2. The second-order valence-electron chi connectivity index (χ2n) is 17.7. The number of esters is 1. The number of rotatable bonds is 10. The topological polar surface area (TPSA) is 167 Å². The summed E-state index contributed by atoms with van der Waals surface area (Å²) in [5.74, 6) is -3.06. The molecule has 0 unspecified atom stereocenters. The standard InChI is InChI=1S/C42H55F2N3O10S/c1-24-10-8-9-11-27-21-41(27,39(51)46-58(52,53)42(14-15-42)38(43)44)22-33(48)32-19-29(56-36-30-13-12-28(54-6)17-26(30)18-34(45-36)55-7)23-47(32)37(50)31(25(2)16-24)20-35(49)57-40(3,4)5/h9,11-13,17-18,24-25,27,29,31-32,38H,8,10,14-16,19-23H2,1-7H3,(H,46,51)/b11-9-/t24-,25-,27-,29-,31+,32+,41-/m1/s1. The number of pyridine rings is 1. The van der Waals surface area contributed by atoms with Gasteiger partial charge in [-0.05, 0) is 101 Å². The number of nitrogens with zero attached hydrogens (tertiary/aromatic N) is 2.